The predicted molar refractivity (Wildman–Crippen MR) is 88.7 cm³/mol. The molecule has 2 bridgehead atoms. The number of carbonyl (C=O) groups is 2. The molecule has 2 aliphatic rings. The lowest BCUT2D eigenvalue weighted by Crippen LogP contribution is -2.61. The number of urea groups is 1. The maximum atomic E-state index is 12.8. The van der Waals surface area contributed by atoms with Gasteiger partial charge in [0, 0.05) is 25.7 Å². The van der Waals surface area contributed by atoms with E-state index in [0.29, 0.717) is 19.0 Å². The number of amides is 3. The van der Waals surface area contributed by atoms with E-state index in [-0.39, 0.29) is 24.0 Å². The van der Waals surface area contributed by atoms with E-state index >= 15 is 0 Å². The minimum absolute atomic E-state index is 0.0827. The quantitative estimate of drug-likeness (QED) is 0.930. The summed E-state index contributed by atoms with van der Waals surface area (Å²) in [6.45, 7) is 6.00. The van der Waals surface area contributed by atoms with Gasteiger partial charge >= 0.3 is 6.03 Å². The summed E-state index contributed by atoms with van der Waals surface area (Å²) in [4.78, 5) is 28.9. The zero-order chi connectivity index (χ0) is 16.4. The summed E-state index contributed by atoms with van der Waals surface area (Å²) in [7, 11) is 0. The fraction of sp³-hybridized carbons (Fsp3) is 0.556. The zero-order valence-corrected chi connectivity index (χ0v) is 13.9. The minimum Gasteiger partial charge on any atom is -0.336 e. The van der Waals surface area contributed by atoms with Gasteiger partial charge in [0.15, 0.2) is 0 Å². The summed E-state index contributed by atoms with van der Waals surface area (Å²) in [5, 5.41) is 2.92. The van der Waals surface area contributed by atoms with Gasteiger partial charge < -0.3 is 15.1 Å². The summed E-state index contributed by atoms with van der Waals surface area (Å²) < 4.78 is 0. The highest BCUT2D eigenvalue weighted by Gasteiger charge is 2.43. The van der Waals surface area contributed by atoms with Crippen molar-refractivity contribution >= 4 is 11.9 Å². The molecule has 0 spiro atoms. The Morgan fingerprint density at radius 1 is 1.30 bits per heavy atom. The van der Waals surface area contributed by atoms with Crippen LogP contribution in [0.15, 0.2) is 30.3 Å². The molecule has 0 aromatic heterocycles. The highest BCUT2D eigenvalue weighted by atomic mass is 16.2. The molecule has 0 radical (unpaired) electrons. The lowest BCUT2D eigenvalue weighted by atomic mass is 9.86. The average molecular weight is 315 g/mol. The van der Waals surface area contributed by atoms with Gasteiger partial charge in [-0.2, -0.15) is 0 Å². The third-order valence-corrected chi connectivity index (χ3v) is 4.68. The number of piperidine rings is 2. The SMILES string of the molecule is CC(C)NC(=O)N1CC[C@H]2C[C@@H]1C(=O)N(Cc1ccccc1)C2. The molecular formula is C18H25N3O2. The molecule has 23 heavy (non-hydrogen) atoms. The summed E-state index contributed by atoms with van der Waals surface area (Å²) in [5.74, 6) is 0.591. The molecule has 1 aromatic carbocycles. The minimum atomic E-state index is -0.301. The van der Waals surface area contributed by atoms with Gasteiger partial charge in [0.2, 0.25) is 5.91 Å². The van der Waals surface area contributed by atoms with Crippen LogP contribution in [0.25, 0.3) is 0 Å². The third-order valence-electron chi connectivity index (χ3n) is 4.68. The molecule has 2 atom stereocenters. The summed E-state index contributed by atoms with van der Waals surface area (Å²) in [6.07, 6.45) is 1.77. The van der Waals surface area contributed by atoms with E-state index in [1.807, 2.05) is 49.1 Å². The lowest BCUT2D eigenvalue weighted by molar-refractivity contribution is -0.144. The van der Waals surface area contributed by atoms with Crippen molar-refractivity contribution in [3.63, 3.8) is 0 Å². The van der Waals surface area contributed by atoms with E-state index in [2.05, 4.69) is 5.32 Å². The van der Waals surface area contributed by atoms with E-state index in [1.54, 1.807) is 4.90 Å². The maximum Gasteiger partial charge on any atom is 0.318 e. The second kappa shape index (κ2) is 6.60. The fourth-order valence-electron chi connectivity index (χ4n) is 3.57. The summed E-state index contributed by atoms with van der Waals surface area (Å²) in [5.41, 5.74) is 1.14. The normalized spacial score (nSPS) is 24.0. The molecular weight excluding hydrogens is 290 g/mol. The first-order valence-corrected chi connectivity index (χ1v) is 8.44. The molecule has 2 saturated heterocycles. The van der Waals surface area contributed by atoms with Crippen molar-refractivity contribution in [3.05, 3.63) is 35.9 Å². The van der Waals surface area contributed by atoms with Crippen LogP contribution in [0.2, 0.25) is 0 Å². The second-order valence-corrected chi connectivity index (χ2v) is 6.91. The van der Waals surface area contributed by atoms with Crippen LogP contribution in [-0.4, -0.2) is 46.9 Å². The topological polar surface area (TPSA) is 52.7 Å². The number of nitrogens with zero attached hydrogens (tertiary/aromatic N) is 2. The van der Waals surface area contributed by atoms with Crippen LogP contribution in [-0.2, 0) is 11.3 Å². The predicted octanol–water partition coefficient (Wildman–Crippen LogP) is 2.23. The molecule has 5 nitrogen and oxygen atoms in total. The molecule has 2 aliphatic heterocycles. The van der Waals surface area contributed by atoms with Crippen molar-refractivity contribution in [2.75, 3.05) is 13.1 Å². The van der Waals surface area contributed by atoms with Crippen LogP contribution in [0.3, 0.4) is 0 Å². The zero-order valence-electron chi connectivity index (χ0n) is 13.9. The Balaban J connectivity index is 1.72. The van der Waals surface area contributed by atoms with Crippen molar-refractivity contribution in [1.29, 1.82) is 0 Å². The lowest BCUT2D eigenvalue weighted by Gasteiger charge is -2.46. The molecule has 5 heteroatoms. The first kappa shape index (κ1) is 15.8. The van der Waals surface area contributed by atoms with Gasteiger partial charge in [0.25, 0.3) is 0 Å². The Hall–Kier alpha value is -2.04. The van der Waals surface area contributed by atoms with Crippen LogP contribution in [0.4, 0.5) is 4.79 Å². The Labute approximate surface area is 137 Å². The Bertz CT molecular complexity index is 573. The summed E-state index contributed by atoms with van der Waals surface area (Å²) in [6, 6.07) is 9.72. The third kappa shape index (κ3) is 3.49. The molecule has 2 heterocycles. The second-order valence-electron chi connectivity index (χ2n) is 6.91. The van der Waals surface area contributed by atoms with Gasteiger partial charge in [-0.05, 0) is 38.2 Å². The molecule has 124 valence electrons. The van der Waals surface area contributed by atoms with E-state index in [0.717, 1.165) is 24.9 Å². The van der Waals surface area contributed by atoms with Gasteiger partial charge in [-0.15, -0.1) is 0 Å². The van der Waals surface area contributed by atoms with Gasteiger partial charge in [0.1, 0.15) is 6.04 Å². The van der Waals surface area contributed by atoms with Crippen LogP contribution in [0.5, 0.6) is 0 Å². The molecule has 0 unspecified atom stereocenters. The van der Waals surface area contributed by atoms with Gasteiger partial charge in [-0.25, -0.2) is 4.79 Å². The van der Waals surface area contributed by atoms with E-state index in [4.69, 9.17) is 0 Å². The van der Waals surface area contributed by atoms with Crippen molar-refractivity contribution in [2.45, 2.75) is 45.3 Å². The first-order chi connectivity index (χ1) is 11.0. The van der Waals surface area contributed by atoms with Crippen LogP contribution >= 0.6 is 0 Å². The number of hydrogen-bond acceptors (Lipinski definition) is 2. The molecule has 2 fully saturated rings. The molecule has 3 amide bonds. The molecule has 0 saturated carbocycles. The van der Waals surface area contributed by atoms with Crippen molar-refractivity contribution < 1.29 is 9.59 Å². The smallest absolute Gasteiger partial charge is 0.318 e. The van der Waals surface area contributed by atoms with Crippen molar-refractivity contribution in [3.8, 4) is 0 Å². The maximum absolute atomic E-state index is 12.8. The molecule has 0 aliphatic carbocycles. The highest BCUT2D eigenvalue weighted by Crippen LogP contribution is 2.30. The van der Waals surface area contributed by atoms with Crippen molar-refractivity contribution in [2.24, 2.45) is 5.92 Å². The average Bonchev–Trinajstić information content (AvgIpc) is 2.53. The molecule has 3 rings (SSSR count). The van der Waals surface area contributed by atoms with Gasteiger partial charge in [0.05, 0.1) is 0 Å². The molecule has 1 aromatic rings. The number of carbonyl (C=O) groups excluding carboxylic acids is 2. The fourth-order valence-corrected chi connectivity index (χ4v) is 3.57. The molecule has 1 N–H and O–H groups in total. The number of likely N-dealkylation sites (tertiary alicyclic amines) is 2. The Morgan fingerprint density at radius 2 is 2.04 bits per heavy atom. The van der Waals surface area contributed by atoms with E-state index < -0.39 is 0 Å². The Morgan fingerprint density at radius 3 is 2.74 bits per heavy atom. The highest BCUT2D eigenvalue weighted by molar-refractivity contribution is 5.88. The number of nitrogens with one attached hydrogen (secondary N) is 1. The first-order valence-electron chi connectivity index (χ1n) is 8.44. The number of fused-ring (bicyclic) bond motifs is 2. The monoisotopic (exact) mass is 315 g/mol. The van der Waals surface area contributed by atoms with Crippen LogP contribution in [0.1, 0.15) is 32.3 Å². The van der Waals surface area contributed by atoms with Crippen LogP contribution < -0.4 is 5.32 Å². The number of rotatable bonds is 3. The van der Waals surface area contributed by atoms with Crippen molar-refractivity contribution in [1.82, 2.24) is 15.1 Å². The van der Waals surface area contributed by atoms with E-state index in [9.17, 15) is 9.59 Å². The van der Waals surface area contributed by atoms with Crippen LogP contribution in [0, 0.1) is 5.92 Å². The van der Waals surface area contributed by atoms with Gasteiger partial charge in [-0.3, -0.25) is 4.79 Å². The van der Waals surface area contributed by atoms with E-state index in [1.165, 1.54) is 0 Å². The number of hydrogen-bond donors (Lipinski definition) is 1. The number of benzene rings is 1. The largest absolute Gasteiger partial charge is 0.336 e. The standard InChI is InChI=1S/C18H25N3O2/c1-13(2)19-18(23)21-9-8-15-10-16(21)17(22)20(12-15)11-14-6-4-3-5-7-14/h3-7,13,15-16H,8-12H2,1-2H3,(H,19,23)/t15-,16+/m0/s1. The van der Waals surface area contributed by atoms with Gasteiger partial charge in [-0.1, -0.05) is 30.3 Å². The Kier molecular flexibility index (Phi) is 4.55. The summed E-state index contributed by atoms with van der Waals surface area (Å²) >= 11 is 0.